The van der Waals surface area contributed by atoms with Crippen LogP contribution in [-0.4, -0.2) is 48.5 Å². The molecule has 0 unspecified atom stereocenters. The molecule has 1 aliphatic rings. The lowest BCUT2D eigenvalue weighted by atomic mass is 10.1. The van der Waals surface area contributed by atoms with E-state index in [-0.39, 0.29) is 17.5 Å². The Morgan fingerprint density at radius 3 is 2.38 bits per heavy atom. The molecule has 2 aromatic rings. The molecule has 1 fully saturated rings. The normalized spacial score (nSPS) is 15.3. The minimum atomic E-state index is -2.92. The van der Waals surface area contributed by atoms with Gasteiger partial charge in [-0.3, -0.25) is 9.69 Å². The third kappa shape index (κ3) is 4.76. The fourth-order valence-electron chi connectivity index (χ4n) is 2.94. The van der Waals surface area contributed by atoms with Gasteiger partial charge in [-0.2, -0.15) is 8.78 Å². The number of halogens is 3. The number of hydrogen-bond donors (Lipinski definition) is 0. The molecule has 0 spiro atoms. The van der Waals surface area contributed by atoms with Crippen LogP contribution in [0.2, 0.25) is 0 Å². The standard InChI is InChI=1S/C19H19F3N2O2/c20-16-6-4-14(5-7-16)13-23-8-10-24(11-9-23)18(25)15-2-1-3-17(12-15)26-19(21)22/h1-7,12,19H,8-11,13H2. The van der Waals surface area contributed by atoms with Gasteiger partial charge >= 0.3 is 6.61 Å². The summed E-state index contributed by atoms with van der Waals surface area (Å²) in [6.07, 6.45) is 0. The first-order chi connectivity index (χ1) is 12.5. The van der Waals surface area contributed by atoms with Crippen LogP contribution in [0.3, 0.4) is 0 Å². The van der Waals surface area contributed by atoms with Gasteiger partial charge in [-0.25, -0.2) is 4.39 Å². The van der Waals surface area contributed by atoms with E-state index in [0.29, 0.717) is 38.3 Å². The van der Waals surface area contributed by atoms with E-state index in [9.17, 15) is 18.0 Å². The third-order valence-electron chi connectivity index (χ3n) is 4.29. The molecule has 1 aliphatic heterocycles. The van der Waals surface area contributed by atoms with Crippen molar-refractivity contribution in [2.45, 2.75) is 13.2 Å². The molecular weight excluding hydrogens is 345 g/mol. The number of amides is 1. The molecule has 0 radical (unpaired) electrons. The lowest BCUT2D eigenvalue weighted by Crippen LogP contribution is -2.48. The number of rotatable bonds is 5. The second-order valence-electron chi connectivity index (χ2n) is 6.10. The highest BCUT2D eigenvalue weighted by atomic mass is 19.3. The SMILES string of the molecule is O=C(c1cccc(OC(F)F)c1)N1CCN(Cc2ccc(F)cc2)CC1. The molecule has 4 nitrogen and oxygen atoms in total. The summed E-state index contributed by atoms with van der Waals surface area (Å²) in [5, 5.41) is 0. The third-order valence-corrected chi connectivity index (χ3v) is 4.29. The molecule has 0 bridgehead atoms. The van der Waals surface area contributed by atoms with Gasteiger partial charge < -0.3 is 9.64 Å². The quantitative estimate of drug-likeness (QED) is 0.815. The summed E-state index contributed by atoms with van der Waals surface area (Å²) in [4.78, 5) is 16.4. The van der Waals surface area contributed by atoms with Gasteiger partial charge in [0.05, 0.1) is 0 Å². The number of piperazine rings is 1. The van der Waals surface area contributed by atoms with Crippen LogP contribution in [0.5, 0.6) is 5.75 Å². The van der Waals surface area contributed by atoms with Crippen molar-refractivity contribution in [3.05, 3.63) is 65.5 Å². The zero-order valence-electron chi connectivity index (χ0n) is 14.1. The van der Waals surface area contributed by atoms with E-state index in [2.05, 4.69) is 9.64 Å². The second kappa shape index (κ2) is 8.23. The van der Waals surface area contributed by atoms with E-state index in [0.717, 1.165) is 5.56 Å². The van der Waals surface area contributed by atoms with Crippen molar-refractivity contribution in [2.75, 3.05) is 26.2 Å². The fourth-order valence-corrected chi connectivity index (χ4v) is 2.94. The van der Waals surface area contributed by atoms with Gasteiger partial charge in [-0.05, 0) is 35.9 Å². The van der Waals surface area contributed by atoms with Crippen molar-refractivity contribution in [2.24, 2.45) is 0 Å². The second-order valence-corrected chi connectivity index (χ2v) is 6.10. The number of carbonyl (C=O) groups is 1. The highest BCUT2D eigenvalue weighted by Gasteiger charge is 2.22. The average molecular weight is 364 g/mol. The van der Waals surface area contributed by atoms with Gasteiger partial charge in [-0.15, -0.1) is 0 Å². The van der Waals surface area contributed by atoms with Crippen molar-refractivity contribution < 1.29 is 22.7 Å². The van der Waals surface area contributed by atoms with Crippen LogP contribution < -0.4 is 4.74 Å². The molecule has 138 valence electrons. The zero-order valence-corrected chi connectivity index (χ0v) is 14.1. The predicted molar refractivity (Wildman–Crippen MR) is 90.7 cm³/mol. The first kappa shape index (κ1) is 18.3. The Balaban J connectivity index is 1.55. The number of benzene rings is 2. The molecule has 2 aromatic carbocycles. The highest BCUT2D eigenvalue weighted by Crippen LogP contribution is 2.18. The Morgan fingerprint density at radius 1 is 1.04 bits per heavy atom. The summed E-state index contributed by atoms with van der Waals surface area (Å²) in [6, 6.07) is 12.2. The number of carbonyl (C=O) groups excluding carboxylic acids is 1. The van der Waals surface area contributed by atoms with Gasteiger partial charge in [-0.1, -0.05) is 18.2 Å². The molecule has 1 heterocycles. The summed E-state index contributed by atoms with van der Waals surface area (Å²) < 4.78 is 41.9. The van der Waals surface area contributed by atoms with E-state index < -0.39 is 6.61 Å². The monoisotopic (exact) mass is 364 g/mol. The van der Waals surface area contributed by atoms with Gasteiger partial charge in [0.15, 0.2) is 0 Å². The summed E-state index contributed by atoms with van der Waals surface area (Å²) in [6.45, 7) is 0.238. The lowest BCUT2D eigenvalue weighted by molar-refractivity contribution is -0.0499. The van der Waals surface area contributed by atoms with E-state index >= 15 is 0 Å². The molecule has 0 N–H and O–H groups in total. The lowest BCUT2D eigenvalue weighted by Gasteiger charge is -2.34. The molecule has 1 amide bonds. The molecule has 0 aromatic heterocycles. The molecule has 0 aliphatic carbocycles. The zero-order chi connectivity index (χ0) is 18.5. The van der Waals surface area contributed by atoms with E-state index in [4.69, 9.17) is 0 Å². The van der Waals surface area contributed by atoms with Gasteiger partial charge in [0.25, 0.3) is 5.91 Å². The largest absolute Gasteiger partial charge is 0.435 e. The molecule has 3 rings (SSSR count). The van der Waals surface area contributed by atoms with Crippen LogP contribution in [0, 0.1) is 5.82 Å². The topological polar surface area (TPSA) is 32.8 Å². The number of ether oxygens (including phenoxy) is 1. The predicted octanol–water partition coefficient (Wildman–Crippen LogP) is 3.39. The first-order valence-corrected chi connectivity index (χ1v) is 8.32. The van der Waals surface area contributed by atoms with Crippen LogP contribution in [0.15, 0.2) is 48.5 Å². The van der Waals surface area contributed by atoms with Crippen molar-refractivity contribution in [1.29, 1.82) is 0 Å². The van der Waals surface area contributed by atoms with Crippen molar-refractivity contribution >= 4 is 5.91 Å². The summed E-state index contributed by atoms with van der Waals surface area (Å²) in [5.41, 5.74) is 1.35. The van der Waals surface area contributed by atoms with Crippen LogP contribution in [0.1, 0.15) is 15.9 Å². The van der Waals surface area contributed by atoms with E-state index in [1.54, 1.807) is 23.1 Å². The number of alkyl halides is 2. The Labute approximate surface area is 149 Å². The summed E-state index contributed by atoms with van der Waals surface area (Å²) in [5.74, 6) is -0.492. The van der Waals surface area contributed by atoms with Gasteiger partial charge in [0.1, 0.15) is 11.6 Å². The van der Waals surface area contributed by atoms with Crippen molar-refractivity contribution in [3.63, 3.8) is 0 Å². The van der Waals surface area contributed by atoms with Crippen LogP contribution in [-0.2, 0) is 6.54 Å². The Morgan fingerprint density at radius 2 is 1.73 bits per heavy atom. The van der Waals surface area contributed by atoms with Crippen LogP contribution >= 0.6 is 0 Å². The number of hydrogen-bond acceptors (Lipinski definition) is 3. The summed E-state index contributed by atoms with van der Waals surface area (Å²) in [7, 11) is 0. The molecule has 26 heavy (non-hydrogen) atoms. The van der Waals surface area contributed by atoms with E-state index in [1.807, 2.05) is 0 Å². The minimum Gasteiger partial charge on any atom is -0.435 e. The van der Waals surface area contributed by atoms with Gasteiger partial charge in [0, 0.05) is 38.3 Å². The van der Waals surface area contributed by atoms with Gasteiger partial charge in [0.2, 0.25) is 0 Å². The average Bonchev–Trinajstić information content (AvgIpc) is 2.63. The maximum absolute atomic E-state index is 13.0. The maximum atomic E-state index is 13.0. The summed E-state index contributed by atoms with van der Waals surface area (Å²) >= 11 is 0. The smallest absolute Gasteiger partial charge is 0.387 e. The van der Waals surface area contributed by atoms with E-state index in [1.165, 1.54) is 30.3 Å². The fraction of sp³-hybridized carbons (Fsp3) is 0.316. The highest BCUT2D eigenvalue weighted by molar-refractivity contribution is 5.94. The Bertz CT molecular complexity index is 745. The molecule has 0 saturated carbocycles. The minimum absolute atomic E-state index is 0.0270. The Hall–Kier alpha value is -2.54. The molecule has 0 atom stereocenters. The Kier molecular flexibility index (Phi) is 5.78. The molecular formula is C19H19F3N2O2. The van der Waals surface area contributed by atoms with Crippen molar-refractivity contribution in [3.8, 4) is 5.75 Å². The van der Waals surface area contributed by atoms with Crippen LogP contribution in [0.4, 0.5) is 13.2 Å². The molecule has 1 saturated heterocycles. The van der Waals surface area contributed by atoms with Crippen LogP contribution in [0.25, 0.3) is 0 Å². The molecule has 7 heteroatoms. The maximum Gasteiger partial charge on any atom is 0.387 e. The first-order valence-electron chi connectivity index (χ1n) is 8.32. The van der Waals surface area contributed by atoms with Crippen molar-refractivity contribution in [1.82, 2.24) is 9.80 Å². The number of nitrogens with zero attached hydrogens (tertiary/aromatic N) is 2.